The molecule has 0 fully saturated rings. The van der Waals surface area contributed by atoms with Gasteiger partial charge < -0.3 is 5.32 Å². The van der Waals surface area contributed by atoms with E-state index in [0.29, 0.717) is 16.7 Å². The van der Waals surface area contributed by atoms with Gasteiger partial charge in [-0.05, 0) is 54.0 Å². The highest BCUT2D eigenvalue weighted by molar-refractivity contribution is 6.35. The van der Waals surface area contributed by atoms with Gasteiger partial charge in [0.25, 0.3) is 0 Å². The Bertz CT molecular complexity index is 1410. The molecule has 0 radical (unpaired) electrons. The molecule has 0 bridgehead atoms. The van der Waals surface area contributed by atoms with Crippen LogP contribution in [0.15, 0.2) is 60.9 Å². The van der Waals surface area contributed by atoms with Gasteiger partial charge >= 0.3 is 6.03 Å². The highest BCUT2D eigenvalue weighted by Gasteiger charge is 2.27. The van der Waals surface area contributed by atoms with Crippen LogP contribution in [0.2, 0.25) is 10.2 Å². The lowest BCUT2D eigenvalue weighted by Gasteiger charge is -2.27. The Kier molecular flexibility index (Phi) is 6.86. The standard InChI is InChI=1S/C27H25Cl2N5O/c1-18-7-8-20(31-15-18)4-3-12-33-13-10-24-22(17-33)21-5-2-6-23(28)26(21)34(24)27(35)32-16-19-9-11-30-25(29)14-19/h2-9,11,14-15H,10,12-13,16-17H2,1H3,(H,32,35)/b4-3+. The second kappa shape index (κ2) is 10.2. The first-order chi connectivity index (χ1) is 17.0. The van der Waals surface area contributed by atoms with Crippen molar-refractivity contribution in [2.75, 3.05) is 13.1 Å². The minimum absolute atomic E-state index is 0.198. The molecule has 1 aliphatic heterocycles. The van der Waals surface area contributed by atoms with Crippen LogP contribution in [0.4, 0.5) is 4.79 Å². The maximum Gasteiger partial charge on any atom is 0.326 e. The zero-order valence-corrected chi connectivity index (χ0v) is 20.9. The minimum Gasteiger partial charge on any atom is -0.333 e. The first kappa shape index (κ1) is 23.5. The van der Waals surface area contributed by atoms with Crippen molar-refractivity contribution in [3.05, 3.63) is 99.2 Å². The molecule has 1 amide bonds. The number of amides is 1. The topological polar surface area (TPSA) is 63.1 Å². The number of para-hydroxylation sites is 1. The Balaban J connectivity index is 1.37. The fourth-order valence-electron chi connectivity index (χ4n) is 4.51. The maximum atomic E-state index is 13.3. The van der Waals surface area contributed by atoms with Crippen molar-refractivity contribution < 1.29 is 4.79 Å². The van der Waals surface area contributed by atoms with Crippen LogP contribution in [0.5, 0.6) is 0 Å². The number of pyridine rings is 2. The molecule has 0 saturated heterocycles. The molecule has 5 rings (SSSR count). The van der Waals surface area contributed by atoms with Crippen LogP contribution in [0.25, 0.3) is 17.0 Å². The van der Waals surface area contributed by atoms with E-state index < -0.39 is 0 Å². The number of nitrogens with zero attached hydrogens (tertiary/aromatic N) is 4. The van der Waals surface area contributed by atoms with E-state index in [9.17, 15) is 4.79 Å². The SMILES string of the molecule is Cc1ccc(/C=C/CN2CCc3c(c4cccc(Cl)c4n3C(=O)NCc3ccnc(Cl)c3)C2)nc1. The number of halogens is 2. The van der Waals surface area contributed by atoms with Crippen LogP contribution in [0.1, 0.15) is 28.1 Å². The molecule has 35 heavy (non-hydrogen) atoms. The second-order valence-corrected chi connectivity index (χ2v) is 9.48. The van der Waals surface area contributed by atoms with Crippen LogP contribution >= 0.6 is 23.2 Å². The number of aryl methyl sites for hydroxylation is 1. The van der Waals surface area contributed by atoms with Gasteiger partial charge in [0, 0.05) is 56.1 Å². The van der Waals surface area contributed by atoms with E-state index >= 15 is 0 Å². The summed E-state index contributed by atoms with van der Waals surface area (Å²) in [7, 11) is 0. The molecule has 8 heteroatoms. The lowest BCUT2D eigenvalue weighted by atomic mass is 10.0. The number of nitrogens with one attached hydrogen (secondary N) is 1. The quantitative estimate of drug-likeness (QED) is 0.344. The van der Waals surface area contributed by atoms with E-state index in [2.05, 4.69) is 32.3 Å². The Morgan fingerprint density at radius 2 is 2.06 bits per heavy atom. The zero-order chi connectivity index (χ0) is 24.4. The van der Waals surface area contributed by atoms with Crippen molar-refractivity contribution in [1.82, 2.24) is 24.8 Å². The fraction of sp³-hybridized carbons (Fsp3) is 0.222. The molecule has 1 N–H and O–H groups in total. The number of hydrogen-bond acceptors (Lipinski definition) is 4. The summed E-state index contributed by atoms with van der Waals surface area (Å²) in [5.41, 5.74) is 5.90. The summed E-state index contributed by atoms with van der Waals surface area (Å²) in [5, 5.41) is 4.99. The summed E-state index contributed by atoms with van der Waals surface area (Å²) in [6, 6.07) is 13.3. The number of aromatic nitrogens is 3. The third-order valence-corrected chi connectivity index (χ3v) is 6.74. The summed E-state index contributed by atoms with van der Waals surface area (Å²) >= 11 is 12.6. The second-order valence-electron chi connectivity index (χ2n) is 8.69. The van der Waals surface area contributed by atoms with E-state index in [-0.39, 0.29) is 6.03 Å². The Morgan fingerprint density at radius 1 is 1.17 bits per heavy atom. The number of fused-ring (bicyclic) bond motifs is 3. The molecule has 4 heterocycles. The summed E-state index contributed by atoms with van der Waals surface area (Å²) in [6.07, 6.45) is 8.45. The highest BCUT2D eigenvalue weighted by Crippen LogP contribution is 2.34. The van der Waals surface area contributed by atoms with Crippen molar-refractivity contribution in [2.45, 2.75) is 26.4 Å². The lowest BCUT2D eigenvalue weighted by Crippen LogP contribution is -2.34. The first-order valence-corrected chi connectivity index (χ1v) is 12.3. The first-order valence-electron chi connectivity index (χ1n) is 11.5. The molecular weight excluding hydrogens is 481 g/mol. The van der Waals surface area contributed by atoms with Crippen molar-refractivity contribution in [3.63, 3.8) is 0 Å². The van der Waals surface area contributed by atoms with Gasteiger partial charge in [-0.15, -0.1) is 0 Å². The van der Waals surface area contributed by atoms with Gasteiger partial charge in [-0.3, -0.25) is 14.5 Å². The van der Waals surface area contributed by atoms with Gasteiger partial charge in [0.2, 0.25) is 0 Å². The van der Waals surface area contributed by atoms with Crippen LogP contribution in [0.3, 0.4) is 0 Å². The average Bonchev–Trinajstić information content (AvgIpc) is 3.19. The molecule has 0 saturated carbocycles. The largest absolute Gasteiger partial charge is 0.333 e. The monoisotopic (exact) mass is 505 g/mol. The van der Waals surface area contributed by atoms with Crippen molar-refractivity contribution in [3.8, 4) is 0 Å². The van der Waals surface area contributed by atoms with Crippen molar-refractivity contribution in [1.29, 1.82) is 0 Å². The van der Waals surface area contributed by atoms with Gasteiger partial charge in [0.05, 0.1) is 16.2 Å². The molecule has 0 atom stereocenters. The van der Waals surface area contributed by atoms with Gasteiger partial charge in [0.1, 0.15) is 5.15 Å². The fourth-order valence-corrected chi connectivity index (χ4v) is 4.96. The molecule has 178 valence electrons. The molecular formula is C27H25Cl2N5O. The molecule has 0 unspecified atom stereocenters. The summed E-state index contributed by atoms with van der Waals surface area (Å²) < 4.78 is 1.75. The minimum atomic E-state index is -0.198. The lowest BCUT2D eigenvalue weighted by molar-refractivity contribution is 0.240. The molecule has 6 nitrogen and oxygen atoms in total. The van der Waals surface area contributed by atoms with Gasteiger partial charge in [-0.2, -0.15) is 0 Å². The molecule has 3 aromatic heterocycles. The number of benzene rings is 1. The predicted molar refractivity (Wildman–Crippen MR) is 141 cm³/mol. The number of rotatable bonds is 5. The molecule has 1 aliphatic rings. The van der Waals surface area contributed by atoms with Gasteiger partial charge in [-0.25, -0.2) is 9.78 Å². The van der Waals surface area contributed by atoms with Crippen molar-refractivity contribution >= 4 is 46.2 Å². The Morgan fingerprint density at radius 3 is 2.86 bits per heavy atom. The molecule has 4 aromatic rings. The third kappa shape index (κ3) is 5.10. The highest BCUT2D eigenvalue weighted by atomic mass is 35.5. The van der Waals surface area contributed by atoms with Crippen LogP contribution < -0.4 is 5.32 Å². The summed E-state index contributed by atoms with van der Waals surface area (Å²) in [6.45, 7) is 4.78. The van der Waals surface area contributed by atoms with Gasteiger partial charge in [0.15, 0.2) is 0 Å². The molecule has 0 aliphatic carbocycles. The van der Waals surface area contributed by atoms with Crippen LogP contribution in [-0.4, -0.2) is 38.6 Å². The van der Waals surface area contributed by atoms with Crippen LogP contribution in [-0.2, 0) is 19.5 Å². The number of hydrogen-bond donors (Lipinski definition) is 1. The third-order valence-electron chi connectivity index (χ3n) is 6.22. The molecule has 0 spiro atoms. The predicted octanol–water partition coefficient (Wildman–Crippen LogP) is 5.88. The maximum absolute atomic E-state index is 13.3. The Hall–Kier alpha value is -3.19. The normalized spacial score (nSPS) is 13.9. The van der Waals surface area contributed by atoms with Crippen molar-refractivity contribution in [2.24, 2.45) is 0 Å². The van der Waals surface area contributed by atoms with E-state index in [1.165, 1.54) is 0 Å². The summed E-state index contributed by atoms with van der Waals surface area (Å²) in [5.74, 6) is 0. The summed E-state index contributed by atoms with van der Waals surface area (Å²) in [4.78, 5) is 24.1. The van der Waals surface area contributed by atoms with Gasteiger partial charge in [-0.1, -0.05) is 47.5 Å². The smallest absolute Gasteiger partial charge is 0.326 e. The molecule has 1 aromatic carbocycles. The number of carbonyl (C=O) groups is 1. The number of carbonyl (C=O) groups excluding carboxylic acids is 1. The van der Waals surface area contributed by atoms with Crippen LogP contribution in [0, 0.1) is 6.92 Å². The Labute approximate surface area is 214 Å². The average molecular weight is 506 g/mol. The van der Waals surface area contributed by atoms with E-state index in [1.54, 1.807) is 16.8 Å². The zero-order valence-electron chi connectivity index (χ0n) is 19.3. The van der Waals surface area contributed by atoms with E-state index in [0.717, 1.165) is 65.0 Å². The van der Waals surface area contributed by atoms with E-state index in [1.807, 2.05) is 49.5 Å². The van der Waals surface area contributed by atoms with E-state index in [4.69, 9.17) is 23.2 Å².